The Morgan fingerprint density at radius 3 is 2.36 bits per heavy atom. The van der Waals surface area contributed by atoms with Crippen LogP contribution in [-0.4, -0.2) is 42.3 Å². The molecule has 7 nitrogen and oxygen atoms in total. The van der Waals surface area contributed by atoms with Crippen LogP contribution in [0, 0.1) is 23.2 Å². The van der Waals surface area contributed by atoms with Crippen molar-refractivity contribution in [2.45, 2.75) is 31.2 Å². The van der Waals surface area contributed by atoms with Gasteiger partial charge in [0.15, 0.2) is 0 Å². The zero-order valence-electron chi connectivity index (χ0n) is 18.0. The summed E-state index contributed by atoms with van der Waals surface area (Å²) in [5.74, 6) is 3.27. The highest BCUT2D eigenvalue weighted by atomic mass is 16.5. The monoisotopic (exact) mass is 444 g/mol. The van der Waals surface area contributed by atoms with Crippen molar-refractivity contribution in [3.05, 3.63) is 59.7 Å². The lowest BCUT2D eigenvalue weighted by molar-refractivity contribution is -0.130. The first-order valence-electron chi connectivity index (χ1n) is 11.1. The Morgan fingerprint density at radius 1 is 1.03 bits per heavy atom. The van der Waals surface area contributed by atoms with Gasteiger partial charge in [0.05, 0.1) is 12.0 Å². The average Bonchev–Trinajstić information content (AvgIpc) is 3.23. The van der Waals surface area contributed by atoms with Gasteiger partial charge < -0.3 is 20.5 Å². The van der Waals surface area contributed by atoms with Crippen LogP contribution in [-0.2, 0) is 14.3 Å². The van der Waals surface area contributed by atoms with Crippen LogP contribution in [0.3, 0.4) is 0 Å². The van der Waals surface area contributed by atoms with Gasteiger partial charge in [0.25, 0.3) is 0 Å². The van der Waals surface area contributed by atoms with Crippen molar-refractivity contribution in [3.8, 4) is 23.0 Å². The van der Waals surface area contributed by atoms with Crippen LogP contribution in [0.5, 0.6) is 0 Å². The summed E-state index contributed by atoms with van der Waals surface area (Å²) in [6, 6.07) is 16.3. The van der Waals surface area contributed by atoms with Crippen LogP contribution in [0.15, 0.2) is 48.5 Å². The molecule has 3 aliphatic carbocycles. The summed E-state index contributed by atoms with van der Waals surface area (Å²) in [7, 11) is 0. The van der Waals surface area contributed by atoms with Crippen molar-refractivity contribution in [3.63, 3.8) is 0 Å². The van der Waals surface area contributed by atoms with Crippen molar-refractivity contribution in [1.82, 2.24) is 10.6 Å². The van der Waals surface area contributed by atoms with Crippen LogP contribution >= 0.6 is 0 Å². The van der Waals surface area contributed by atoms with Gasteiger partial charge in [-0.2, -0.15) is 0 Å². The fourth-order valence-corrected chi connectivity index (χ4v) is 5.51. The van der Waals surface area contributed by atoms with E-state index in [4.69, 9.17) is 9.84 Å². The van der Waals surface area contributed by atoms with Gasteiger partial charge in [-0.1, -0.05) is 54.5 Å². The number of fused-ring (bicyclic) bond motifs is 4. The highest BCUT2D eigenvalue weighted by molar-refractivity contribution is 5.88. The Labute approximate surface area is 191 Å². The van der Waals surface area contributed by atoms with E-state index in [1.807, 2.05) is 30.2 Å². The topological polar surface area (TPSA) is 105 Å². The summed E-state index contributed by atoms with van der Waals surface area (Å²) in [5.41, 5.74) is 4.20. The number of carbonyl (C=O) groups is 3. The highest BCUT2D eigenvalue weighted by Gasteiger charge is 2.65. The van der Waals surface area contributed by atoms with Crippen LogP contribution in [0.1, 0.15) is 36.3 Å². The fourth-order valence-electron chi connectivity index (χ4n) is 5.51. The Bertz CT molecular complexity index is 1150. The first-order valence-corrected chi connectivity index (χ1v) is 11.1. The molecular weight excluding hydrogens is 420 g/mol. The SMILES string of the molecule is O=C(O)C#CCNC(=O)[C@]12C[C@H](NC(=O)OCC3c4ccccc4-c4ccccc43)C[C@H]1C2. The minimum Gasteiger partial charge on any atom is -0.472 e. The molecule has 3 aliphatic rings. The molecule has 0 radical (unpaired) electrons. The lowest BCUT2D eigenvalue weighted by atomic mass is 9.98. The zero-order valence-corrected chi connectivity index (χ0v) is 18.0. The third-order valence-corrected chi connectivity index (χ3v) is 7.06. The molecule has 2 amide bonds. The lowest BCUT2D eigenvalue weighted by Crippen LogP contribution is -2.38. The molecule has 2 aromatic carbocycles. The number of hydrogen-bond acceptors (Lipinski definition) is 4. The van der Waals surface area contributed by atoms with E-state index in [2.05, 4.69) is 40.8 Å². The molecule has 33 heavy (non-hydrogen) atoms. The summed E-state index contributed by atoms with van der Waals surface area (Å²) in [6.07, 6.45) is 1.61. The molecule has 5 rings (SSSR count). The summed E-state index contributed by atoms with van der Waals surface area (Å²) in [6.45, 7) is 0.258. The average molecular weight is 444 g/mol. The molecule has 0 unspecified atom stereocenters. The first kappa shape index (κ1) is 21.1. The fraction of sp³-hybridized carbons (Fsp3) is 0.346. The Balaban J connectivity index is 1.15. The van der Waals surface area contributed by atoms with Crippen LogP contribution in [0.25, 0.3) is 11.1 Å². The maximum atomic E-state index is 12.5. The minimum atomic E-state index is -1.22. The number of rotatable bonds is 5. The molecule has 0 bridgehead atoms. The molecule has 0 aliphatic heterocycles. The number of carboxylic acid groups (broad SMARTS) is 1. The van der Waals surface area contributed by atoms with E-state index in [0.29, 0.717) is 6.42 Å². The third-order valence-electron chi connectivity index (χ3n) is 7.06. The second kappa shape index (κ2) is 8.28. The molecule has 168 valence electrons. The van der Waals surface area contributed by atoms with Crippen molar-refractivity contribution in [2.24, 2.45) is 11.3 Å². The summed E-state index contributed by atoms with van der Waals surface area (Å²) in [5, 5.41) is 14.2. The van der Waals surface area contributed by atoms with E-state index in [-0.39, 0.29) is 36.9 Å². The standard InChI is InChI=1S/C26H24N2O5/c29-23(30)10-5-11-27-24(31)26-13-16(26)12-17(14-26)28-25(32)33-15-22-20-8-3-1-6-18(20)19-7-2-4-9-21(19)22/h1-4,6-9,16-17,22H,11-15H2,(H,27,31)(H,28,32)(H,29,30)/t16-,17+,26+/m0/s1. The van der Waals surface area contributed by atoms with Crippen molar-refractivity contribution < 1.29 is 24.2 Å². The summed E-state index contributed by atoms with van der Waals surface area (Å²) < 4.78 is 5.62. The predicted octanol–water partition coefficient (Wildman–Crippen LogP) is 2.90. The number of ether oxygens (including phenoxy) is 1. The van der Waals surface area contributed by atoms with Gasteiger partial charge >= 0.3 is 12.1 Å². The molecule has 0 spiro atoms. The number of alkyl carbamates (subject to hydrolysis) is 1. The van der Waals surface area contributed by atoms with Crippen molar-refractivity contribution >= 4 is 18.0 Å². The molecule has 0 saturated heterocycles. The number of carbonyl (C=O) groups excluding carboxylic acids is 2. The van der Waals surface area contributed by atoms with E-state index >= 15 is 0 Å². The lowest BCUT2D eigenvalue weighted by Gasteiger charge is -2.19. The predicted molar refractivity (Wildman–Crippen MR) is 120 cm³/mol. The van der Waals surface area contributed by atoms with Gasteiger partial charge in [-0.3, -0.25) is 4.79 Å². The van der Waals surface area contributed by atoms with Gasteiger partial charge in [0.1, 0.15) is 6.61 Å². The third kappa shape index (κ3) is 3.93. The van der Waals surface area contributed by atoms with E-state index in [9.17, 15) is 14.4 Å². The normalized spacial score (nSPS) is 23.9. The van der Waals surface area contributed by atoms with Gasteiger partial charge in [-0.25, -0.2) is 9.59 Å². The van der Waals surface area contributed by atoms with Crippen molar-refractivity contribution in [1.29, 1.82) is 0 Å². The van der Waals surface area contributed by atoms with Crippen LogP contribution in [0.2, 0.25) is 0 Å². The van der Waals surface area contributed by atoms with Gasteiger partial charge in [0.2, 0.25) is 5.91 Å². The zero-order chi connectivity index (χ0) is 23.0. The number of nitrogens with one attached hydrogen (secondary N) is 2. The number of amides is 2. The van der Waals surface area contributed by atoms with Gasteiger partial charge in [-0.05, 0) is 47.4 Å². The number of hydrogen-bond donors (Lipinski definition) is 3. The molecule has 0 aromatic heterocycles. The Kier molecular flexibility index (Phi) is 5.29. The first-order chi connectivity index (χ1) is 16.0. The minimum absolute atomic E-state index is 0.00385. The van der Waals surface area contributed by atoms with E-state index in [0.717, 1.165) is 24.0 Å². The van der Waals surface area contributed by atoms with Crippen LogP contribution < -0.4 is 10.6 Å². The molecule has 7 heteroatoms. The molecule has 2 fully saturated rings. The smallest absolute Gasteiger partial charge is 0.407 e. The molecule has 3 N–H and O–H groups in total. The highest BCUT2D eigenvalue weighted by Crippen LogP contribution is 2.63. The molecule has 2 saturated carbocycles. The summed E-state index contributed by atoms with van der Waals surface area (Å²) in [4.78, 5) is 35.5. The van der Waals surface area contributed by atoms with E-state index < -0.39 is 17.5 Å². The maximum Gasteiger partial charge on any atom is 0.407 e. The molecule has 0 heterocycles. The second-order valence-corrected chi connectivity index (χ2v) is 8.95. The quantitative estimate of drug-likeness (QED) is 0.615. The van der Waals surface area contributed by atoms with E-state index in [1.165, 1.54) is 11.1 Å². The molecular formula is C26H24N2O5. The van der Waals surface area contributed by atoms with Gasteiger partial charge in [-0.15, -0.1) is 0 Å². The largest absolute Gasteiger partial charge is 0.472 e. The van der Waals surface area contributed by atoms with Crippen molar-refractivity contribution in [2.75, 3.05) is 13.2 Å². The Hall–Kier alpha value is -3.79. The van der Waals surface area contributed by atoms with Gasteiger partial charge in [0, 0.05) is 17.9 Å². The summed E-state index contributed by atoms with van der Waals surface area (Å²) >= 11 is 0. The van der Waals surface area contributed by atoms with E-state index in [1.54, 1.807) is 0 Å². The number of benzene rings is 2. The number of aliphatic carboxylic acids is 1. The van der Waals surface area contributed by atoms with Crippen LogP contribution in [0.4, 0.5) is 4.79 Å². The Morgan fingerprint density at radius 2 is 1.70 bits per heavy atom. The molecule has 3 atom stereocenters. The molecule has 2 aromatic rings. The maximum absolute atomic E-state index is 12.5. The number of carboxylic acids is 1. The second-order valence-electron chi connectivity index (χ2n) is 8.95.